The molecule has 6 heteroatoms. The number of ether oxygens (including phenoxy) is 1. The molecule has 0 aliphatic carbocycles. The molecule has 0 bridgehead atoms. The summed E-state index contributed by atoms with van der Waals surface area (Å²) in [5.41, 5.74) is 2.33. The number of carbonyl (C=O) groups excluding carboxylic acids is 2. The molecule has 1 atom stereocenters. The van der Waals surface area contributed by atoms with Gasteiger partial charge in [-0.3, -0.25) is 9.59 Å². The number of likely N-dealkylation sites (tertiary alicyclic amines) is 1. The Balaban J connectivity index is 1.82. The predicted molar refractivity (Wildman–Crippen MR) is 124 cm³/mol. The lowest BCUT2D eigenvalue weighted by atomic mass is 9.95. The van der Waals surface area contributed by atoms with Gasteiger partial charge in [-0.15, -0.1) is 0 Å². The van der Waals surface area contributed by atoms with Gasteiger partial charge in [0.1, 0.15) is 11.5 Å². The predicted octanol–water partition coefficient (Wildman–Crippen LogP) is 5.18. The molecule has 1 aliphatic rings. The molecule has 1 saturated heterocycles. The number of aliphatic hydroxyl groups is 1. The van der Waals surface area contributed by atoms with Crippen LogP contribution in [0, 0.1) is 0 Å². The summed E-state index contributed by atoms with van der Waals surface area (Å²) in [7, 11) is 0. The Bertz CT molecular complexity index is 1160. The Morgan fingerprint density at radius 2 is 1.81 bits per heavy atom. The van der Waals surface area contributed by atoms with E-state index in [0.29, 0.717) is 24.5 Å². The standard InChI is InChI=1S/C26H28N2O4/c1-3-5-14-28-23(20-16-27-21-9-7-6-8-19(20)21)22(25(30)26(28)31)24(29)17-10-12-18(13-11-17)32-15-4-2/h6-13,16,23,27,29H,3-5,14-15H2,1-2H3/b24-22+. The van der Waals surface area contributed by atoms with E-state index in [9.17, 15) is 14.7 Å². The number of Topliss-reactive ketones (excluding diaryl/α,β-unsaturated/α-hetero) is 1. The van der Waals surface area contributed by atoms with Crippen LogP contribution in [0.5, 0.6) is 5.75 Å². The number of amides is 1. The first-order valence-electron chi connectivity index (χ1n) is 11.1. The van der Waals surface area contributed by atoms with Crippen molar-refractivity contribution in [2.45, 2.75) is 39.2 Å². The van der Waals surface area contributed by atoms with E-state index < -0.39 is 17.7 Å². The number of unbranched alkanes of at least 4 members (excludes halogenated alkanes) is 1. The second-order valence-electron chi connectivity index (χ2n) is 8.01. The number of benzene rings is 2. The molecule has 1 aromatic heterocycles. The van der Waals surface area contributed by atoms with E-state index in [1.165, 1.54) is 0 Å². The van der Waals surface area contributed by atoms with Gasteiger partial charge >= 0.3 is 0 Å². The Hall–Kier alpha value is -3.54. The first-order chi connectivity index (χ1) is 15.6. The highest BCUT2D eigenvalue weighted by Gasteiger charge is 2.46. The van der Waals surface area contributed by atoms with E-state index in [1.54, 1.807) is 29.2 Å². The van der Waals surface area contributed by atoms with Gasteiger partial charge in [0.25, 0.3) is 11.7 Å². The Labute approximate surface area is 187 Å². The lowest BCUT2D eigenvalue weighted by Crippen LogP contribution is -2.30. The molecule has 1 amide bonds. The van der Waals surface area contributed by atoms with Crippen molar-refractivity contribution in [3.8, 4) is 5.75 Å². The van der Waals surface area contributed by atoms with Gasteiger partial charge < -0.3 is 19.7 Å². The van der Waals surface area contributed by atoms with Gasteiger partial charge in [-0.05, 0) is 43.2 Å². The van der Waals surface area contributed by atoms with Crippen LogP contribution in [0.15, 0.2) is 60.3 Å². The van der Waals surface area contributed by atoms with E-state index in [2.05, 4.69) is 4.98 Å². The van der Waals surface area contributed by atoms with Crippen molar-refractivity contribution in [2.24, 2.45) is 0 Å². The highest BCUT2D eigenvalue weighted by Crippen LogP contribution is 2.42. The van der Waals surface area contributed by atoms with Crippen LogP contribution < -0.4 is 4.74 Å². The number of rotatable bonds is 8. The van der Waals surface area contributed by atoms with Crippen LogP contribution in [0.3, 0.4) is 0 Å². The fourth-order valence-corrected chi connectivity index (χ4v) is 4.17. The minimum Gasteiger partial charge on any atom is -0.507 e. The maximum atomic E-state index is 13.1. The summed E-state index contributed by atoms with van der Waals surface area (Å²) >= 11 is 0. The zero-order valence-electron chi connectivity index (χ0n) is 18.4. The van der Waals surface area contributed by atoms with E-state index in [-0.39, 0.29) is 11.3 Å². The van der Waals surface area contributed by atoms with Gasteiger partial charge in [-0.1, -0.05) is 38.5 Å². The number of aromatic nitrogens is 1. The number of fused-ring (bicyclic) bond motifs is 1. The van der Waals surface area contributed by atoms with E-state index >= 15 is 0 Å². The second-order valence-corrected chi connectivity index (χ2v) is 8.01. The number of para-hydroxylation sites is 1. The largest absolute Gasteiger partial charge is 0.507 e. The summed E-state index contributed by atoms with van der Waals surface area (Å²) < 4.78 is 5.61. The Kier molecular flexibility index (Phi) is 6.30. The summed E-state index contributed by atoms with van der Waals surface area (Å²) in [5, 5.41) is 12.1. The van der Waals surface area contributed by atoms with Crippen LogP contribution in [0.2, 0.25) is 0 Å². The number of carbonyl (C=O) groups is 2. The van der Waals surface area contributed by atoms with E-state index in [0.717, 1.165) is 35.7 Å². The maximum Gasteiger partial charge on any atom is 0.295 e. The smallest absolute Gasteiger partial charge is 0.295 e. The maximum absolute atomic E-state index is 13.1. The van der Waals surface area contributed by atoms with Crippen molar-refractivity contribution >= 4 is 28.4 Å². The monoisotopic (exact) mass is 432 g/mol. The fourth-order valence-electron chi connectivity index (χ4n) is 4.17. The molecular formula is C26H28N2O4. The number of ketones is 1. The first kappa shape index (κ1) is 21.7. The van der Waals surface area contributed by atoms with Crippen molar-refractivity contribution < 1.29 is 19.4 Å². The van der Waals surface area contributed by atoms with Crippen molar-refractivity contribution in [3.63, 3.8) is 0 Å². The van der Waals surface area contributed by atoms with E-state index in [1.807, 2.05) is 44.3 Å². The van der Waals surface area contributed by atoms with Crippen LogP contribution in [0.25, 0.3) is 16.7 Å². The molecule has 0 saturated carbocycles. The topological polar surface area (TPSA) is 82.6 Å². The average molecular weight is 433 g/mol. The minimum atomic E-state index is -0.653. The van der Waals surface area contributed by atoms with Gasteiger partial charge in [-0.25, -0.2) is 0 Å². The zero-order valence-corrected chi connectivity index (χ0v) is 18.4. The summed E-state index contributed by atoms with van der Waals surface area (Å²) in [6.07, 6.45) is 4.39. The molecule has 3 aromatic rings. The fraction of sp³-hybridized carbons (Fsp3) is 0.308. The quantitative estimate of drug-likeness (QED) is 0.292. The Morgan fingerprint density at radius 1 is 1.06 bits per heavy atom. The molecule has 1 aliphatic heterocycles. The third kappa shape index (κ3) is 3.88. The normalized spacial score (nSPS) is 17.9. The molecule has 6 nitrogen and oxygen atoms in total. The molecule has 32 heavy (non-hydrogen) atoms. The summed E-state index contributed by atoms with van der Waals surface area (Å²) in [4.78, 5) is 30.9. The van der Waals surface area contributed by atoms with Gasteiger partial charge in [0.15, 0.2) is 0 Å². The summed E-state index contributed by atoms with van der Waals surface area (Å²) in [6, 6.07) is 14.1. The second kappa shape index (κ2) is 9.30. The number of nitrogens with one attached hydrogen (secondary N) is 1. The number of aromatic amines is 1. The molecule has 1 unspecified atom stereocenters. The molecule has 0 spiro atoms. The van der Waals surface area contributed by atoms with Crippen molar-refractivity contribution in [3.05, 3.63) is 71.4 Å². The number of nitrogens with zero attached hydrogens (tertiary/aromatic N) is 1. The minimum absolute atomic E-state index is 0.123. The highest BCUT2D eigenvalue weighted by molar-refractivity contribution is 6.46. The van der Waals surface area contributed by atoms with Crippen LogP contribution in [0.1, 0.15) is 50.3 Å². The third-order valence-electron chi connectivity index (χ3n) is 5.81. The van der Waals surface area contributed by atoms with Crippen molar-refractivity contribution in [2.75, 3.05) is 13.2 Å². The molecule has 166 valence electrons. The lowest BCUT2D eigenvalue weighted by Gasteiger charge is -2.24. The number of hydrogen-bond acceptors (Lipinski definition) is 4. The van der Waals surface area contributed by atoms with Crippen LogP contribution in [-0.2, 0) is 9.59 Å². The average Bonchev–Trinajstić information content (AvgIpc) is 3.35. The first-order valence-corrected chi connectivity index (χ1v) is 11.1. The SMILES string of the molecule is CCCCN1C(=O)C(=O)/C(=C(/O)c2ccc(OCCC)cc2)C1c1c[nH]c2ccccc12. The number of aliphatic hydroxyl groups excluding tert-OH is 1. The molecule has 4 rings (SSSR count). The molecule has 1 fully saturated rings. The lowest BCUT2D eigenvalue weighted by molar-refractivity contribution is -0.139. The third-order valence-corrected chi connectivity index (χ3v) is 5.81. The van der Waals surface area contributed by atoms with Gasteiger partial charge in [-0.2, -0.15) is 0 Å². The molecule has 2 aromatic carbocycles. The van der Waals surface area contributed by atoms with E-state index in [4.69, 9.17) is 4.74 Å². The van der Waals surface area contributed by atoms with Crippen LogP contribution in [0.4, 0.5) is 0 Å². The molecule has 0 radical (unpaired) electrons. The number of hydrogen-bond donors (Lipinski definition) is 2. The summed E-state index contributed by atoms with van der Waals surface area (Å²) in [5.74, 6) is -0.696. The summed E-state index contributed by atoms with van der Waals surface area (Å²) in [6.45, 7) is 5.13. The molecule has 2 heterocycles. The van der Waals surface area contributed by atoms with Gasteiger partial charge in [0.05, 0.1) is 18.2 Å². The van der Waals surface area contributed by atoms with Crippen LogP contribution >= 0.6 is 0 Å². The Morgan fingerprint density at radius 3 is 2.53 bits per heavy atom. The molecule has 2 N–H and O–H groups in total. The molecular weight excluding hydrogens is 404 g/mol. The van der Waals surface area contributed by atoms with Gasteiger partial charge in [0.2, 0.25) is 0 Å². The van der Waals surface area contributed by atoms with Crippen molar-refractivity contribution in [1.29, 1.82) is 0 Å². The van der Waals surface area contributed by atoms with Crippen molar-refractivity contribution in [1.82, 2.24) is 9.88 Å². The number of H-pyrrole nitrogens is 1. The van der Waals surface area contributed by atoms with Crippen LogP contribution in [-0.4, -0.2) is 39.8 Å². The van der Waals surface area contributed by atoms with Gasteiger partial charge in [0, 0.05) is 34.8 Å². The highest BCUT2D eigenvalue weighted by atomic mass is 16.5. The zero-order chi connectivity index (χ0) is 22.7.